The van der Waals surface area contributed by atoms with E-state index >= 15 is 0 Å². The minimum atomic E-state index is -1.51. The highest BCUT2D eigenvalue weighted by atomic mass is 32.2. The summed E-state index contributed by atoms with van der Waals surface area (Å²) < 4.78 is 11.7. The molecule has 2 bridgehead atoms. The zero-order valence-corrected chi connectivity index (χ0v) is 16.7. The van der Waals surface area contributed by atoms with Crippen molar-refractivity contribution in [1.29, 1.82) is 0 Å². The van der Waals surface area contributed by atoms with Crippen LogP contribution in [0.5, 0.6) is 0 Å². The standard InChI is InChI=1S/C20H29NO5S/c1-13-5-3-4-6-14(2)9-18(22)25-16-10-15(8-7-13)26-20(24,11-16)17-12-27-19(23)21-17/h3-6,13-17,24H,7-12H2,1-2H3,(H,21,23)/b5-3+,6-4+/t13-,14-,15-,16-,17+,20-/m1/s1. The highest BCUT2D eigenvalue weighted by molar-refractivity contribution is 8.14. The number of rotatable bonds is 1. The largest absolute Gasteiger partial charge is 0.462 e. The molecule has 2 saturated heterocycles. The van der Waals surface area contributed by atoms with Gasteiger partial charge >= 0.3 is 5.97 Å². The first-order valence-electron chi connectivity index (χ1n) is 9.72. The molecule has 6 atom stereocenters. The summed E-state index contributed by atoms with van der Waals surface area (Å²) in [5, 5.41) is 13.8. The number of allylic oxidation sites excluding steroid dienone is 4. The van der Waals surface area contributed by atoms with Gasteiger partial charge in [0.05, 0.1) is 18.6 Å². The number of ether oxygens (including phenoxy) is 2. The summed E-state index contributed by atoms with van der Waals surface area (Å²) >= 11 is 1.14. The lowest BCUT2D eigenvalue weighted by Crippen LogP contribution is -2.58. The lowest BCUT2D eigenvalue weighted by molar-refractivity contribution is -0.284. The fraction of sp³-hybridized carbons (Fsp3) is 0.700. The van der Waals surface area contributed by atoms with Crippen molar-refractivity contribution in [3.8, 4) is 0 Å². The summed E-state index contributed by atoms with van der Waals surface area (Å²) in [7, 11) is 0. The molecule has 2 fully saturated rings. The normalized spacial score (nSPS) is 43.3. The van der Waals surface area contributed by atoms with Crippen molar-refractivity contribution in [3.05, 3.63) is 24.3 Å². The number of carbonyl (C=O) groups excluding carboxylic acids is 2. The second kappa shape index (κ2) is 8.80. The Kier molecular flexibility index (Phi) is 6.65. The molecule has 3 aliphatic heterocycles. The molecular weight excluding hydrogens is 366 g/mol. The summed E-state index contributed by atoms with van der Waals surface area (Å²) in [6.45, 7) is 4.13. The van der Waals surface area contributed by atoms with Gasteiger partial charge in [0.2, 0.25) is 0 Å². The van der Waals surface area contributed by atoms with E-state index in [1.165, 1.54) is 0 Å². The Morgan fingerprint density at radius 1 is 1.15 bits per heavy atom. The van der Waals surface area contributed by atoms with E-state index in [2.05, 4.69) is 18.3 Å². The number of hydrogen-bond donors (Lipinski definition) is 2. The zero-order chi connectivity index (χ0) is 19.4. The minimum absolute atomic E-state index is 0.0837. The lowest BCUT2D eigenvalue weighted by Gasteiger charge is -2.43. The topological polar surface area (TPSA) is 84.9 Å². The predicted molar refractivity (Wildman–Crippen MR) is 104 cm³/mol. The number of esters is 1. The summed E-state index contributed by atoms with van der Waals surface area (Å²) in [4.78, 5) is 23.9. The number of aliphatic hydroxyl groups is 1. The molecule has 0 unspecified atom stereocenters. The van der Waals surface area contributed by atoms with Crippen LogP contribution >= 0.6 is 11.8 Å². The molecule has 3 aliphatic rings. The lowest BCUT2D eigenvalue weighted by atomic mass is 9.90. The third-order valence-corrected chi connectivity index (χ3v) is 6.24. The summed E-state index contributed by atoms with van der Waals surface area (Å²) in [5.74, 6) is -0.854. The van der Waals surface area contributed by atoms with Crippen LogP contribution in [0.4, 0.5) is 4.79 Å². The highest BCUT2D eigenvalue weighted by Crippen LogP contribution is 2.37. The van der Waals surface area contributed by atoms with Crippen molar-refractivity contribution < 1.29 is 24.2 Å². The highest BCUT2D eigenvalue weighted by Gasteiger charge is 2.49. The van der Waals surface area contributed by atoms with Crippen LogP contribution in [0.1, 0.15) is 46.0 Å². The Morgan fingerprint density at radius 2 is 1.89 bits per heavy atom. The Labute approximate surface area is 164 Å². The van der Waals surface area contributed by atoms with Crippen LogP contribution in [-0.4, -0.2) is 46.1 Å². The van der Waals surface area contributed by atoms with Gasteiger partial charge < -0.3 is 19.9 Å². The first kappa shape index (κ1) is 20.4. The van der Waals surface area contributed by atoms with Crippen molar-refractivity contribution in [2.45, 2.75) is 70.0 Å². The smallest absolute Gasteiger partial charge is 0.306 e. The molecule has 0 radical (unpaired) electrons. The summed E-state index contributed by atoms with van der Waals surface area (Å²) in [5.41, 5.74) is 0. The van der Waals surface area contributed by atoms with Gasteiger partial charge in [0.25, 0.3) is 5.24 Å². The van der Waals surface area contributed by atoms with E-state index in [9.17, 15) is 14.7 Å². The minimum Gasteiger partial charge on any atom is -0.462 e. The van der Waals surface area contributed by atoms with Crippen LogP contribution in [0.15, 0.2) is 24.3 Å². The first-order valence-corrected chi connectivity index (χ1v) is 10.7. The molecule has 0 saturated carbocycles. The zero-order valence-electron chi connectivity index (χ0n) is 15.9. The second-order valence-corrected chi connectivity index (χ2v) is 8.93. The van der Waals surface area contributed by atoms with Crippen LogP contribution in [-0.2, 0) is 14.3 Å². The molecule has 150 valence electrons. The third-order valence-electron chi connectivity index (χ3n) is 5.36. The van der Waals surface area contributed by atoms with Crippen LogP contribution in [0.25, 0.3) is 0 Å². The van der Waals surface area contributed by atoms with E-state index in [4.69, 9.17) is 9.47 Å². The van der Waals surface area contributed by atoms with Gasteiger partial charge in [0.15, 0.2) is 5.79 Å². The van der Waals surface area contributed by atoms with Crippen LogP contribution in [0.3, 0.4) is 0 Å². The average molecular weight is 396 g/mol. The van der Waals surface area contributed by atoms with E-state index in [0.29, 0.717) is 24.5 Å². The van der Waals surface area contributed by atoms with Gasteiger partial charge in [0, 0.05) is 18.6 Å². The number of thioether (sulfide) groups is 1. The third kappa shape index (κ3) is 5.59. The van der Waals surface area contributed by atoms with Crippen molar-refractivity contribution in [1.82, 2.24) is 5.32 Å². The number of carbonyl (C=O) groups is 2. The van der Waals surface area contributed by atoms with E-state index in [1.54, 1.807) is 0 Å². The van der Waals surface area contributed by atoms with Crippen molar-refractivity contribution in [3.63, 3.8) is 0 Å². The van der Waals surface area contributed by atoms with Crippen molar-refractivity contribution >= 4 is 23.0 Å². The maximum absolute atomic E-state index is 12.3. The Bertz CT molecular complexity index is 621. The Balaban J connectivity index is 1.77. The molecule has 0 spiro atoms. The maximum atomic E-state index is 12.3. The van der Waals surface area contributed by atoms with Crippen molar-refractivity contribution in [2.75, 3.05) is 5.75 Å². The first-order chi connectivity index (χ1) is 12.8. The molecule has 1 amide bonds. The molecule has 0 aliphatic carbocycles. The van der Waals surface area contributed by atoms with Gasteiger partial charge in [0.1, 0.15) is 6.10 Å². The summed E-state index contributed by atoms with van der Waals surface area (Å²) in [6.07, 6.45) is 10.3. The fourth-order valence-electron chi connectivity index (χ4n) is 3.82. The van der Waals surface area contributed by atoms with Gasteiger partial charge in [-0.3, -0.25) is 9.59 Å². The van der Waals surface area contributed by atoms with Gasteiger partial charge in [-0.15, -0.1) is 0 Å². The van der Waals surface area contributed by atoms with Gasteiger partial charge in [-0.1, -0.05) is 49.9 Å². The van der Waals surface area contributed by atoms with E-state index in [1.807, 2.05) is 25.2 Å². The van der Waals surface area contributed by atoms with E-state index < -0.39 is 17.9 Å². The quantitative estimate of drug-likeness (QED) is 0.664. The second-order valence-electron chi connectivity index (χ2n) is 7.94. The summed E-state index contributed by atoms with van der Waals surface area (Å²) in [6, 6.07) is -0.489. The molecular formula is C20H29NO5S. The molecule has 6 nitrogen and oxygen atoms in total. The van der Waals surface area contributed by atoms with Crippen LogP contribution in [0, 0.1) is 11.8 Å². The SMILES string of the molecule is C[C@@H]1/C=C/C=C/[C@@H](C)CC(=O)O[C@@H]2C[C@@H](CC1)O[C@@](O)([C@@H]1CSC(=O)N1)C2. The number of fused-ring (bicyclic) bond motifs is 2. The Hall–Kier alpha value is -1.31. The molecule has 0 aromatic heterocycles. The van der Waals surface area contributed by atoms with E-state index in [-0.39, 0.29) is 29.7 Å². The van der Waals surface area contributed by atoms with Crippen LogP contribution < -0.4 is 5.32 Å². The van der Waals surface area contributed by atoms with Gasteiger partial charge in [-0.05, 0) is 24.7 Å². The molecule has 3 heterocycles. The van der Waals surface area contributed by atoms with E-state index in [0.717, 1.165) is 24.6 Å². The molecule has 7 heteroatoms. The molecule has 2 N–H and O–H groups in total. The van der Waals surface area contributed by atoms with Gasteiger partial charge in [-0.2, -0.15) is 0 Å². The Morgan fingerprint density at radius 3 is 2.59 bits per heavy atom. The number of amides is 1. The maximum Gasteiger partial charge on any atom is 0.306 e. The predicted octanol–water partition coefficient (Wildman–Crippen LogP) is 3.16. The number of hydrogen-bond acceptors (Lipinski definition) is 6. The van der Waals surface area contributed by atoms with Crippen molar-refractivity contribution in [2.24, 2.45) is 11.8 Å². The monoisotopic (exact) mass is 395 g/mol. The molecule has 0 aromatic rings. The van der Waals surface area contributed by atoms with Gasteiger partial charge in [-0.25, -0.2) is 0 Å². The molecule has 3 rings (SSSR count). The number of nitrogens with one attached hydrogen (secondary N) is 1. The molecule has 27 heavy (non-hydrogen) atoms. The fourth-order valence-corrected chi connectivity index (χ4v) is 4.71. The van der Waals surface area contributed by atoms with Crippen LogP contribution in [0.2, 0.25) is 0 Å². The molecule has 0 aromatic carbocycles. The average Bonchev–Trinajstić information content (AvgIpc) is 3.03.